The molecule has 2 heterocycles. The zero-order valence-electron chi connectivity index (χ0n) is 10.3. The number of H-pyrrole nitrogens is 1. The number of hydrogen-bond donors (Lipinski definition) is 1. The minimum absolute atomic E-state index is 0.00112. The largest absolute Gasteiger partial charge is 0.489 e. The molecule has 1 N–H and O–H groups in total. The standard InChI is InChI=1S/C11H14F3N3O2/c1-19-8-9(15-6-16-10(8)18)17-4-2-7(3-5-17)11(12,13)14/h6-7H,2-5H2,1H3,(H,15,16,18). The second-order valence-electron chi connectivity index (χ2n) is 4.39. The first-order valence-corrected chi connectivity index (χ1v) is 5.87. The van der Waals surface area contributed by atoms with Crippen molar-refractivity contribution < 1.29 is 17.9 Å². The Balaban J connectivity index is 2.14. The van der Waals surface area contributed by atoms with Gasteiger partial charge in [0.25, 0.3) is 5.56 Å². The SMILES string of the molecule is COc1c(N2CCC(C(F)(F)F)CC2)nc[nH]c1=O. The molecule has 0 aromatic carbocycles. The summed E-state index contributed by atoms with van der Waals surface area (Å²) in [6, 6.07) is 0. The van der Waals surface area contributed by atoms with Gasteiger partial charge < -0.3 is 14.6 Å². The quantitative estimate of drug-likeness (QED) is 0.891. The van der Waals surface area contributed by atoms with E-state index in [4.69, 9.17) is 4.74 Å². The summed E-state index contributed by atoms with van der Waals surface area (Å²) in [5.74, 6) is -0.948. The van der Waals surface area contributed by atoms with Crippen LogP contribution >= 0.6 is 0 Å². The number of rotatable bonds is 2. The molecule has 1 saturated heterocycles. The monoisotopic (exact) mass is 277 g/mol. The molecule has 0 aliphatic carbocycles. The van der Waals surface area contributed by atoms with Crippen LogP contribution in [0.3, 0.4) is 0 Å². The first kappa shape index (κ1) is 13.7. The molecular formula is C11H14F3N3O2. The molecular weight excluding hydrogens is 263 g/mol. The fourth-order valence-corrected chi connectivity index (χ4v) is 2.21. The zero-order valence-corrected chi connectivity index (χ0v) is 10.3. The summed E-state index contributed by atoms with van der Waals surface area (Å²) in [6.45, 7) is 0.411. The van der Waals surface area contributed by atoms with Crippen molar-refractivity contribution in [2.45, 2.75) is 19.0 Å². The summed E-state index contributed by atoms with van der Waals surface area (Å²) in [5, 5.41) is 0. The second kappa shape index (κ2) is 5.10. The number of aromatic nitrogens is 2. The van der Waals surface area contributed by atoms with Crippen LogP contribution in [0.2, 0.25) is 0 Å². The molecule has 1 fully saturated rings. The van der Waals surface area contributed by atoms with Crippen LogP contribution in [0.15, 0.2) is 11.1 Å². The summed E-state index contributed by atoms with van der Waals surface area (Å²) >= 11 is 0. The predicted octanol–water partition coefficient (Wildman–Crippen LogP) is 1.56. The molecule has 0 unspecified atom stereocenters. The highest BCUT2D eigenvalue weighted by molar-refractivity contribution is 5.50. The van der Waals surface area contributed by atoms with Gasteiger partial charge in [-0.05, 0) is 12.8 Å². The van der Waals surface area contributed by atoms with Crippen LogP contribution in [0.25, 0.3) is 0 Å². The summed E-state index contributed by atoms with van der Waals surface area (Å²) in [5.41, 5.74) is -0.439. The maximum Gasteiger partial charge on any atom is 0.391 e. The average Bonchev–Trinajstić information content (AvgIpc) is 2.37. The van der Waals surface area contributed by atoms with Gasteiger partial charge in [0, 0.05) is 13.1 Å². The Bertz CT molecular complexity index is 493. The molecule has 0 saturated carbocycles. The Morgan fingerprint density at radius 1 is 1.42 bits per heavy atom. The van der Waals surface area contributed by atoms with Crippen LogP contribution in [0.1, 0.15) is 12.8 Å². The first-order valence-electron chi connectivity index (χ1n) is 5.87. The summed E-state index contributed by atoms with van der Waals surface area (Å²) < 4.78 is 42.7. The molecule has 2 rings (SSSR count). The van der Waals surface area contributed by atoms with Crippen molar-refractivity contribution in [3.63, 3.8) is 0 Å². The molecule has 1 aromatic rings. The van der Waals surface area contributed by atoms with Crippen LogP contribution in [0.4, 0.5) is 19.0 Å². The van der Waals surface area contributed by atoms with Gasteiger partial charge in [-0.15, -0.1) is 0 Å². The lowest BCUT2D eigenvalue weighted by atomic mass is 9.96. The molecule has 1 aromatic heterocycles. The lowest BCUT2D eigenvalue weighted by Gasteiger charge is -2.33. The van der Waals surface area contributed by atoms with Crippen molar-refractivity contribution >= 4 is 5.82 Å². The van der Waals surface area contributed by atoms with E-state index in [-0.39, 0.29) is 31.7 Å². The molecule has 106 valence electrons. The van der Waals surface area contributed by atoms with E-state index < -0.39 is 17.7 Å². The van der Waals surface area contributed by atoms with Crippen LogP contribution in [0, 0.1) is 5.92 Å². The number of methoxy groups -OCH3 is 1. The van der Waals surface area contributed by atoms with Crippen LogP contribution < -0.4 is 15.2 Å². The molecule has 19 heavy (non-hydrogen) atoms. The van der Waals surface area contributed by atoms with Crippen molar-refractivity contribution in [2.75, 3.05) is 25.1 Å². The van der Waals surface area contributed by atoms with Crippen molar-refractivity contribution in [3.8, 4) is 5.75 Å². The molecule has 8 heteroatoms. The number of ether oxygens (including phenoxy) is 1. The maximum atomic E-state index is 12.6. The number of alkyl halides is 3. The van der Waals surface area contributed by atoms with E-state index in [1.807, 2.05) is 0 Å². The average molecular weight is 277 g/mol. The van der Waals surface area contributed by atoms with E-state index in [1.165, 1.54) is 13.4 Å². The fraction of sp³-hybridized carbons (Fsp3) is 0.636. The molecule has 1 aliphatic rings. The molecule has 0 radical (unpaired) electrons. The minimum Gasteiger partial charge on any atom is -0.489 e. The van der Waals surface area contributed by atoms with Gasteiger partial charge in [0.1, 0.15) is 0 Å². The highest BCUT2D eigenvalue weighted by Gasteiger charge is 2.41. The highest BCUT2D eigenvalue weighted by Crippen LogP contribution is 2.35. The third-order valence-corrected chi connectivity index (χ3v) is 3.25. The van der Waals surface area contributed by atoms with Gasteiger partial charge >= 0.3 is 6.18 Å². The number of nitrogens with one attached hydrogen (secondary N) is 1. The van der Waals surface area contributed by atoms with Gasteiger partial charge in [0.15, 0.2) is 5.82 Å². The normalized spacial score (nSPS) is 17.6. The second-order valence-corrected chi connectivity index (χ2v) is 4.39. The van der Waals surface area contributed by atoms with Gasteiger partial charge in [-0.1, -0.05) is 0 Å². The van der Waals surface area contributed by atoms with Crippen molar-refractivity contribution in [1.29, 1.82) is 0 Å². The van der Waals surface area contributed by atoms with E-state index in [0.717, 1.165) is 0 Å². The summed E-state index contributed by atoms with van der Waals surface area (Å²) in [7, 11) is 1.33. The molecule has 0 atom stereocenters. The highest BCUT2D eigenvalue weighted by atomic mass is 19.4. The summed E-state index contributed by atoms with van der Waals surface area (Å²) in [4.78, 5) is 19.5. The Kier molecular flexibility index (Phi) is 3.68. The van der Waals surface area contributed by atoms with Crippen molar-refractivity contribution in [3.05, 3.63) is 16.7 Å². The van der Waals surface area contributed by atoms with E-state index in [0.29, 0.717) is 5.82 Å². The molecule has 0 amide bonds. The lowest BCUT2D eigenvalue weighted by molar-refractivity contribution is -0.179. The number of anilines is 1. The maximum absolute atomic E-state index is 12.6. The molecule has 5 nitrogen and oxygen atoms in total. The van der Waals surface area contributed by atoms with Gasteiger partial charge in [-0.3, -0.25) is 4.79 Å². The summed E-state index contributed by atoms with van der Waals surface area (Å²) in [6.07, 6.45) is -2.93. The number of hydrogen-bond acceptors (Lipinski definition) is 4. The number of nitrogens with zero attached hydrogens (tertiary/aromatic N) is 2. The van der Waals surface area contributed by atoms with Crippen LogP contribution in [-0.4, -0.2) is 36.3 Å². The Labute approximate surface area is 107 Å². The molecule has 1 aliphatic heterocycles. The van der Waals surface area contributed by atoms with E-state index >= 15 is 0 Å². The Morgan fingerprint density at radius 2 is 2.05 bits per heavy atom. The van der Waals surface area contributed by atoms with Crippen LogP contribution in [-0.2, 0) is 0 Å². The van der Waals surface area contributed by atoms with Gasteiger partial charge in [0.2, 0.25) is 5.75 Å². The first-order chi connectivity index (χ1) is 8.93. The number of halogens is 3. The van der Waals surface area contributed by atoms with Gasteiger partial charge in [-0.25, -0.2) is 4.98 Å². The number of piperidine rings is 1. The minimum atomic E-state index is -4.15. The molecule has 0 spiro atoms. The topological polar surface area (TPSA) is 58.2 Å². The third kappa shape index (κ3) is 2.82. The number of aromatic amines is 1. The van der Waals surface area contributed by atoms with Crippen molar-refractivity contribution in [1.82, 2.24) is 9.97 Å². The zero-order chi connectivity index (χ0) is 14.0. The van der Waals surface area contributed by atoms with Crippen molar-refractivity contribution in [2.24, 2.45) is 5.92 Å². The fourth-order valence-electron chi connectivity index (χ4n) is 2.21. The lowest BCUT2D eigenvalue weighted by Crippen LogP contribution is -2.40. The van der Waals surface area contributed by atoms with E-state index in [2.05, 4.69) is 9.97 Å². The predicted molar refractivity (Wildman–Crippen MR) is 62.4 cm³/mol. The Hall–Kier alpha value is -1.73. The Morgan fingerprint density at radius 3 is 2.58 bits per heavy atom. The van der Waals surface area contributed by atoms with E-state index in [9.17, 15) is 18.0 Å². The van der Waals surface area contributed by atoms with Gasteiger partial charge in [0.05, 0.1) is 19.4 Å². The van der Waals surface area contributed by atoms with Crippen LogP contribution in [0.5, 0.6) is 5.75 Å². The smallest absolute Gasteiger partial charge is 0.391 e. The van der Waals surface area contributed by atoms with Gasteiger partial charge in [-0.2, -0.15) is 13.2 Å². The molecule has 0 bridgehead atoms. The third-order valence-electron chi connectivity index (χ3n) is 3.25. The van der Waals surface area contributed by atoms with E-state index in [1.54, 1.807) is 4.90 Å².